The van der Waals surface area contributed by atoms with Gasteiger partial charge in [0.2, 0.25) is 0 Å². The topological polar surface area (TPSA) is 26.3 Å². The zero-order valence-corrected chi connectivity index (χ0v) is 11.8. The number of ether oxygens (including phenoxy) is 1. The first-order chi connectivity index (χ1) is 9.02. The average Bonchev–Trinajstić information content (AvgIpc) is 2.37. The average molecular weight is 254 g/mol. The smallest absolute Gasteiger partial charge is 0.163 e. The van der Waals surface area contributed by atoms with E-state index in [1.165, 1.54) is 16.7 Å². The van der Waals surface area contributed by atoms with E-state index in [1.807, 2.05) is 18.2 Å². The van der Waals surface area contributed by atoms with Crippen LogP contribution in [0.1, 0.15) is 28.4 Å². The van der Waals surface area contributed by atoms with Crippen molar-refractivity contribution in [2.24, 2.45) is 0 Å². The summed E-state index contributed by atoms with van der Waals surface area (Å²) in [7, 11) is 1.59. The number of hydrogen-bond acceptors (Lipinski definition) is 2. The number of hydrogen-bond donors (Lipinski definition) is 0. The Kier molecular flexibility index (Phi) is 3.70. The Bertz CT molecular complexity index is 627. The molecule has 0 spiro atoms. The Morgan fingerprint density at radius 2 is 1.79 bits per heavy atom. The van der Waals surface area contributed by atoms with Gasteiger partial charge in [0.25, 0.3) is 0 Å². The van der Waals surface area contributed by atoms with E-state index in [0.29, 0.717) is 11.3 Å². The minimum atomic E-state index is 0.0176. The van der Waals surface area contributed by atoms with Gasteiger partial charge in [0.1, 0.15) is 5.75 Å². The first-order valence-electron chi connectivity index (χ1n) is 6.29. The molecule has 2 aromatic rings. The summed E-state index contributed by atoms with van der Waals surface area (Å²) in [6, 6.07) is 12.1. The van der Waals surface area contributed by atoms with E-state index in [2.05, 4.69) is 32.0 Å². The fourth-order valence-corrected chi connectivity index (χ4v) is 2.29. The molecule has 0 saturated heterocycles. The van der Waals surface area contributed by atoms with E-state index >= 15 is 0 Å². The third-order valence-corrected chi connectivity index (χ3v) is 3.27. The highest BCUT2D eigenvalue weighted by Gasteiger charge is 2.10. The molecule has 0 fully saturated rings. The van der Waals surface area contributed by atoms with E-state index in [0.717, 1.165) is 5.56 Å². The highest BCUT2D eigenvalue weighted by Crippen LogP contribution is 2.30. The summed E-state index contributed by atoms with van der Waals surface area (Å²) in [6.45, 7) is 5.72. The highest BCUT2D eigenvalue weighted by atomic mass is 16.5. The molecule has 0 heterocycles. The summed E-state index contributed by atoms with van der Waals surface area (Å²) in [6.07, 6.45) is 0. The standard InChI is InChI=1S/C17H18O2/c1-11-5-7-15(12(2)9-11)14-6-8-16(13(3)18)17(10-14)19-4/h5-10H,1-4H3. The number of carbonyl (C=O) groups excluding carboxylic acids is 1. The quantitative estimate of drug-likeness (QED) is 0.768. The van der Waals surface area contributed by atoms with Gasteiger partial charge >= 0.3 is 0 Å². The van der Waals surface area contributed by atoms with Crippen LogP contribution in [0, 0.1) is 13.8 Å². The van der Waals surface area contributed by atoms with Crippen molar-refractivity contribution in [2.75, 3.05) is 7.11 Å². The Morgan fingerprint density at radius 3 is 2.37 bits per heavy atom. The van der Waals surface area contributed by atoms with Gasteiger partial charge in [-0.25, -0.2) is 0 Å². The van der Waals surface area contributed by atoms with Gasteiger partial charge in [-0.05, 0) is 49.6 Å². The molecule has 0 aliphatic heterocycles. The molecule has 19 heavy (non-hydrogen) atoms. The number of benzene rings is 2. The van der Waals surface area contributed by atoms with Crippen LogP contribution in [-0.4, -0.2) is 12.9 Å². The van der Waals surface area contributed by atoms with Gasteiger partial charge in [0.05, 0.1) is 12.7 Å². The van der Waals surface area contributed by atoms with Crippen LogP contribution in [0.3, 0.4) is 0 Å². The van der Waals surface area contributed by atoms with Crippen molar-refractivity contribution in [3.8, 4) is 16.9 Å². The van der Waals surface area contributed by atoms with Crippen molar-refractivity contribution < 1.29 is 9.53 Å². The Morgan fingerprint density at radius 1 is 1.05 bits per heavy atom. The molecule has 0 aliphatic carbocycles. The van der Waals surface area contributed by atoms with Crippen LogP contribution in [0.5, 0.6) is 5.75 Å². The first kappa shape index (κ1) is 13.3. The van der Waals surface area contributed by atoms with Gasteiger partial charge in [0, 0.05) is 0 Å². The van der Waals surface area contributed by atoms with Gasteiger partial charge in [-0.15, -0.1) is 0 Å². The summed E-state index contributed by atoms with van der Waals surface area (Å²) in [5.41, 5.74) is 5.32. The second-order valence-electron chi connectivity index (χ2n) is 4.79. The maximum atomic E-state index is 11.5. The zero-order valence-electron chi connectivity index (χ0n) is 11.8. The number of aryl methyl sites for hydroxylation is 2. The molecule has 0 bridgehead atoms. The molecule has 0 radical (unpaired) electrons. The van der Waals surface area contributed by atoms with Crippen molar-refractivity contribution >= 4 is 5.78 Å². The van der Waals surface area contributed by atoms with Gasteiger partial charge in [-0.2, -0.15) is 0 Å². The molecule has 2 rings (SSSR count). The van der Waals surface area contributed by atoms with Crippen molar-refractivity contribution in [1.82, 2.24) is 0 Å². The second-order valence-corrected chi connectivity index (χ2v) is 4.79. The second kappa shape index (κ2) is 5.27. The molecular formula is C17H18O2. The minimum Gasteiger partial charge on any atom is -0.496 e. The zero-order chi connectivity index (χ0) is 14.0. The summed E-state index contributed by atoms with van der Waals surface area (Å²) < 4.78 is 5.31. The molecule has 0 aliphatic rings. The predicted molar refractivity (Wildman–Crippen MR) is 77.9 cm³/mol. The van der Waals surface area contributed by atoms with Crippen LogP contribution >= 0.6 is 0 Å². The molecule has 2 nitrogen and oxygen atoms in total. The predicted octanol–water partition coefficient (Wildman–Crippen LogP) is 4.18. The van der Waals surface area contributed by atoms with Crippen LogP contribution < -0.4 is 4.74 Å². The summed E-state index contributed by atoms with van der Waals surface area (Å²) in [4.78, 5) is 11.5. The number of rotatable bonds is 3. The molecule has 0 atom stereocenters. The molecule has 0 N–H and O–H groups in total. The lowest BCUT2D eigenvalue weighted by Crippen LogP contribution is -1.98. The molecule has 0 unspecified atom stereocenters. The summed E-state index contributed by atoms with van der Waals surface area (Å²) in [5, 5.41) is 0. The molecule has 0 aromatic heterocycles. The Balaban J connectivity index is 2.54. The largest absolute Gasteiger partial charge is 0.496 e. The highest BCUT2D eigenvalue weighted by molar-refractivity contribution is 5.97. The lowest BCUT2D eigenvalue weighted by molar-refractivity contribution is 0.101. The van der Waals surface area contributed by atoms with Crippen molar-refractivity contribution in [2.45, 2.75) is 20.8 Å². The van der Waals surface area contributed by atoms with Crippen LogP contribution in [0.25, 0.3) is 11.1 Å². The van der Waals surface area contributed by atoms with Crippen molar-refractivity contribution in [3.05, 3.63) is 53.1 Å². The molecule has 0 saturated carbocycles. The number of carbonyl (C=O) groups is 1. The van der Waals surface area contributed by atoms with E-state index in [4.69, 9.17) is 4.74 Å². The van der Waals surface area contributed by atoms with Gasteiger partial charge in [0.15, 0.2) is 5.78 Å². The first-order valence-corrected chi connectivity index (χ1v) is 6.29. The minimum absolute atomic E-state index is 0.0176. The van der Waals surface area contributed by atoms with Gasteiger partial charge in [-0.3, -0.25) is 4.79 Å². The SMILES string of the molecule is COc1cc(-c2ccc(C)cc2C)ccc1C(C)=O. The van der Waals surface area contributed by atoms with E-state index in [1.54, 1.807) is 14.0 Å². The lowest BCUT2D eigenvalue weighted by atomic mass is 9.97. The molecular weight excluding hydrogens is 236 g/mol. The van der Waals surface area contributed by atoms with Gasteiger partial charge < -0.3 is 4.74 Å². The maximum Gasteiger partial charge on any atom is 0.163 e. The maximum absolute atomic E-state index is 11.5. The van der Waals surface area contributed by atoms with Crippen molar-refractivity contribution in [1.29, 1.82) is 0 Å². The Hall–Kier alpha value is -2.09. The third kappa shape index (κ3) is 2.68. The van der Waals surface area contributed by atoms with Crippen LogP contribution in [0.15, 0.2) is 36.4 Å². The third-order valence-electron chi connectivity index (χ3n) is 3.27. The van der Waals surface area contributed by atoms with E-state index in [9.17, 15) is 4.79 Å². The fraction of sp³-hybridized carbons (Fsp3) is 0.235. The summed E-state index contributed by atoms with van der Waals surface area (Å²) in [5.74, 6) is 0.647. The molecule has 98 valence electrons. The van der Waals surface area contributed by atoms with Crippen LogP contribution in [0.2, 0.25) is 0 Å². The number of ketones is 1. The molecule has 2 aromatic carbocycles. The monoisotopic (exact) mass is 254 g/mol. The van der Waals surface area contributed by atoms with Crippen molar-refractivity contribution in [3.63, 3.8) is 0 Å². The fourth-order valence-electron chi connectivity index (χ4n) is 2.29. The van der Waals surface area contributed by atoms with Crippen LogP contribution in [-0.2, 0) is 0 Å². The normalized spacial score (nSPS) is 10.3. The Labute approximate surface area is 114 Å². The summed E-state index contributed by atoms with van der Waals surface area (Å²) >= 11 is 0. The van der Waals surface area contributed by atoms with E-state index < -0.39 is 0 Å². The molecule has 2 heteroatoms. The number of methoxy groups -OCH3 is 1. The van der Waals surface area contributed by atoms with Gasteiger partial charge in [-0.1, -0.05) is 29.8 Å². The molecule has 0 amide bonds. The number of Topliss-reactive ketones (excluding diaryl/α,β-unsaturated/α-hetero) is 1. The lowest BCUT2D eigenvalue weighted by Gasteiger charge is -2.11. The van der Waals surface area contributed by atoms with E-state index in [-0.39, 0.29) is 5.78 Å². The van der Waals surface area contributed by atoms with Crippen LogP contribution in [0.4, 0.5) is 0 Å².